The van der Waals surface area contributed by atoms with Crippen molar-refractivity contribution in [3.63, 3.8) is 0 Å². The van der Waals surface area contributed by atoms with Crippen LogP contribution in [0.25, 0.3) is 0 Å². The van der Waals surface area contributed by atoms with Gasteiger partial charge in [-0.15, -0.1) is 0 Å². The van der Waals surface area contributed by atoms with Gasteiger partial charge in [-0.1, -0.05) is 6.07 Å². The number of benzene rings is 1. The topological polar surface area (TPSA) is 77.3 Å². The van der Waals surface area contributed by atoms with Gasteiger partial charge in [-0.2, -0.15) is 4.39 Å². The number of hydrogen-bond donors (Lipinski definition) is 1. The lowest BCUT2D eigenvalue weighted by atomic mass is 10.2. The van der Waals surface area contributed by atoms with E-state index in [1.54, 1.807) is 25.4 Å². The summed E-state index contributed by atoms with van der Waals surface area (Å²) in [5, 5.41) is 13.3. The molecule has 0 atom stereocenters. The van der Waals surface area contributed by atoms with Gasteiger partial charge in [-0.25, -0.2) is 9.37 Å². The maximum atomic E-state index is 13.6. The molecule has 0 unspecified atom stereocenters. The zero-order valence-corrected chi connectivity index (χ0v) is 11.0. The number of halogens is 2. The monoisotopic (exact) mass is 295 g/mol. The van der Waals surface area contributed by atoms with Crippen LogP contribution in [0.5, 0.6) is 5.75 Å². The molecule has 1 aromatic heterocycles. The number of nitrogens with zero attached hydrogens (tertiary/aromatic N) is 2. The van der Waals surface area contributed by atoms with Crippen molar-refractivity contribution in [3.8, 4) is 5.75 Å². The van der Waals surface area contributed by atoms with E-state index in [2.05, 4.69) is 10.3 Å². The molecule has 0 aliphatic heterocycles. The van der Waals surface area contributed by atoms with Crippen LogP contribution in [0.1, 0.15) is 5.56 Å². The Kier molecular flexibility index (Phi) is 4.27. The number of ether oxygens (including phenoxy) is 1. The van der Waals surface area contributed by atoms with Crippen molar-refractivity contribution in [2.75, 3.05) is 12.4 Å². The van der Waals surface area contributed by atoms with Crippen LogP contribution < -0.4 is 10.1 Å². The van der Waals surface area contributed by atoms with Gasteiger partial charge in [0.1, 0.15) is 12.4 Å². The van der Waals surface area contributed by atoms with Gasteiger partial charge in [0.15, 0.2) is 11.6 Å². The van der Waals surface area contributed by atoms with Crippen LogP contribution in [0.2, 0.25) is 0 Å². The fourth-order valence-corrected chi connectivity index (χ4v) is 1.70. The Balaban J connectivity index is 2.21. The Bertz CT molecular complexity index is 680. The van der Waals surface area contributed by atoms with E-state index in [0.29, 0.717) is 23.5 Å². The van der Waals surface area contributed by atoms with Gasteiger partial charge < -0.3 is 10.1 Å². The molecule has 0 amide bonds. The summed E-state index contributed by atoms with van der Waals surface area (Å²) in [5.74, 6) is -2.02. The number of rotatable bonds is 5. The van der Waals surface area contributed by atoms with E-state index in [1.165, 1.54) is 0 Å². The third kappa shape index (κ3) is 3.22. The lowest BCUT2D eigenvalue weighted by Crippen LogP contribution is -2.04. The standard InChI is InChI=1S/C13H11F2N3O3/c1-16-13-8(3-2-4-17-13)7-21-12-6-9(14)11(18(19)20)5-10(12)15/h2-6H,7H2,1H3,(H,16,17). The molecule has 0 saturated heterocycles. The highest BCUT2D eigenvalue weighted by atomic mass is 19.1. The molecular formula is C13H11F2N3O3. The Morgan fingerprint density at radius 1 is 1.38 bits per heavy atom. The molecule has 0 spiro atoms. The zero-order valence-electron chi connectivity index (χ0n) is 11.0. The van der Waals surface area contributed by atoms with Crippen molar-refractivity contribution in [2.24, 2.45) is 0 Å². The second-order valence-corrected chi connectivity index (χ2v) is 4.04. The third-order valence-electron chi connectivity index (χ3n) is 2.71. The van der Waals surface area contributed by atoms with Gasteiger partial charge in [0.05, 0.1) is 11.0 Å². The molecule has 0 saturated carbocycles. The highest BCUT2D eigenvalue weighted by molar-refractivity contribution is 5.43. The summed E-state index contributed by atoms with van der Waals surface area (Å²) in [6.45, 7) is -0.0574. The Labute approximate surface area is 118 Å². The van der Waals surface area contributed by atoms with E-state index in [1.807, 2.05) is 0 Å². The Morgan fingerprint density at radius 3 is 2.81 bits per heavy atom. The molecule has 0 aliphatic rings. The first-order valence-corrected chi connectivity index (χ1v) is 5.90. The molecule has 1 heterocycles. The highest BCUT2D eigenvalue weighted by Crippen LogP contribution is 2.27. The fourth-order valence-electron chi connectivity index (χ4n) is 1.70. The number of nitro groups is 1. The molecule has 0 fully saturated rings. The van der Waals surface area contributed by atoms with Crippen LogP contribution in [-0.2, 0) is 6.61 Å². The van der Waals surface area contributed by atoms with Crippen LogP contribution in [0.4, 0.5) is 20.3 Å². The maximum absolute atomic E-state index is 13.6. The van der Waals surface area contributed by atoms with Gasteiger partial charge in [-0.3, -0.25) is 10.1 Å². The van der Waals surface area contributed by atoms with Gasteiger partial charge in [0.25, 0.3) is 0 Å². The van der Waals surface area contributed by atoms with Gasteiger partial charge in [0, 0.05) is 24.9 Å². The first-order valence-electron chi connectivity index (χ1n) is 5.90. The molecule has 8 heteroatoms. The van der Waals surface area contributed by atoms with E-state index < -0.39 is 28.0 Å². The molecule has 2 aromatic rings. The number of aromatic nitrogens is 1. The first-order chi connectivity index (χ1) is 10.0. The quantitative estimate of drug-likeness (QED) is 0.678. The van der Waals surface area contributed by atoms with Crippen molar-refractivity contribution in [1.29, 1.82) is 0 Å². The van der Waals surface area contributed by atoms with Crippen LogP contribution in [0.3, 0.4) is 0 Å². The molecule has 110 valence electrons. The van der Waals surface area contributed by atoms with Crippen LogP contribution in [0, 0.1) is 21.7 Å². The molecule has 0 aliphatic carbocycles. The molecule has 0 radical (unpaired) electrons. The summed E-state index contributed by atoms with van der Waals surface area (Å²) in [7, 11) is 1.66. The van der Waals surface area contributed by atoms with Gasteiger partial charge in [-0.05, 0) is 6.07 Å². The number of nitro benzene ring substituents is 1. The van der Waals surface area contributed by atoms with Gasteiger partial charge >= 0.3 is 5.69 Å². The van der Waals surface area contributed by atoms with Crippen molar-refractivity contribution in [2.45, 2.75) is 6.61 Å². The second kappa shape index (κ2) is 6.12. The van der Waals surface area contributed by atoms with E-state index >= 15 is 0 Å². The molecule has 6 nitrogen and oxygen atoms in total. The third-order valence-corrected chi connectivity index (χ3v) is 2.71. The van der Waals surface area contributed by atoms with E-state index in [0.717, 1.165) is 0 Å². The molecule has 21 heavy (non-hydrogen) atoms. The molecule has 1 N–H and O–H groups in total. The predicted molar refractivity (Wildman–Crippen MR) is 71.1 cm³/mol. The summed E-state index contributed by atoms with van der Waals surface area (Å²) in [6.07, 6.45) is 1.57. The fraction of sp³-hybridized carbons (Fsp3) is 0.154. The van der Waals surface area contributed by atoms with Gasteiger partial charge in [0.2, 0.25) is 5.82 Å². The molecule has 0 bridgehead atoms. The smallest absolute Gasteiger partial charge is 0.307 e. The minimum Gasteiger partial charge on any atom is -0.486 e. The lowest BCUT2D eigenvalue weighted by Gasteiger charge is -2.10. The minimum absolute atomic E-state index is 0.0574. The largest absolute Gasteiger partial charge is 0.486 e. The number of anilines is 1. The molecule has 2 rings (SSSR count). The maximum Gasteiger partial charge on any atom is 0.307 e. The Hall–Kier alpha value is -2.77. The summed E-state index contributed by atoms with van der Waals surface area (Å²) < 4.78 is 32.3. The number of pyridine rings is 1. The zero-order chi connectivity index (χ0) is 15.4. The summed E-state index contributed by atoms with van der Waals surface area (Å²) in [6, 6.07) is 4.53. The van der Waals surface area contributed by atoms with E-state index in [-0.39, 0.29) is 6.61 Å². The van der Waals surface area contributed by atoms with Crippen molar-refractivity contribution < 1.29 is 18.4 Å². The SMILES string of the molecule is CNc1ncccc1COc1cc(F)c([N+](=O)[O-])cc1F. The average molecular weight is 295 g/mol. The molecular weight excluding hydrogens is 284 g/mol. The Morgan fingerprint density at radius 2 is 2.14 bits per heavy atom. The average Bonchev–Trinajstić information content (AvgIpc) is 2.47. The van der Waals surface area contributed by atoms with Crippen molar-refractivity contribution in [1.82, 2.24) is 4.98 Å². The first kappa shape index (κ1) is 14.6. The lowest BCUT2D eigenvalue weighted by molar-refractivity contribution is -0.387. The predicted octanol–water partition coefficient (Wildman–Crippen LogP) is 2.89. The number of hydrogen-bond acceptors (Lipinski definition) is 5. The second-order valence-electron chi connectivity index (χ2n) is 4.04. The normalized spacial score (nSPS) is 10.2. The van der Waals surface area contributed by atoms with Crippen LogP contribution >= 0.6 is 0 Å². The molecule has 1 aromatic carbocycles. The van der Waals surface area contributed by atoms with Crippen LogP contribution in [0.15, 0.2) is 30.5 Å². The highest BCUT2D eigenvalue weighted by Gasteiger charge is 2.19. The summed E-state index contributed by atoms with van der Waals surface area (Å²) >= 11 is 0. The minimum atomic E-state index is -1.16. The van der Waals surface area contributed by atoms with E-state index in [9.17, 15) is 18.9 Å². The summed E-state index contributed by atoms with van der Waals surface area (Å²) in [5.41, 5.74) is -0.296. The van der Waals surface area contributed by atoms with Crippen molar-refractivity contribution in [3.05, 3.63) is 57.8 Å². The summed E-state index contributed by atoms with van der Waals surface area (Å²) in [4.78, 5) is 13.5. The van der Waals surface area contributed by atoms with Crippen molar-refractivity contribution >= 4 is 11.5 Å². The van der Waals surface area contributed by atoms with Crippen LogP contribution in [-0.4, -0.2) is 17.0 Å². The van der Waals surface area contributed by atoms with E-state index in [4.69, 9.17) is 4.74 Å². The number of nitrogens with one attached hydrogen (secondary N) is 1.